The van der Waals surface area contributed by atoms with Gasteiger partial charge in [0.15, 0.2) is 11.5 Å². The molecular weight excluding hydrogens is 322 g/mol. The summed E-state index contributed by atoms with van der Waals surface area (Å²) in [6.07, 6.45) is 2.64. The number of methoxy groups -OCH3 is 1. The summed E-state index contributed by atoms with van der Waals surface area (Å²) in [6, 6.07) is 9.09. The molecule has 0 aliphatic heterocycles. The van der Waals surface area contributed by atoms with Crippen LogP contribution in [0.25, 0.3) is 6.08 Å². The number of ketones is 1. The molecule has 2 aromatic carbocycles. The molecule has 0 unspecified atom stereocenters. The second-order valence-corrected chi connectivity index (χ2v) is 4.93. The van der Waals surface area contributed by atoms with Gasteiger partial charge in [0.25, 0.3) is 0 Å². The van der Waals surface area contributed by atoms with Crippen molar-refractivity contribution >= 4 is 29.1 Å². The molecule has 118 valence electrons. The summed E-state index contributed by atoms with van der Waals surface area (Å²) in [5.74, 6) is -0.957. The van der Waals surface area contributed by atoms with Crippen LogP contribution in [0.15, 0.2) is 42.5 Å². The van der Waals surface area contributed by atoms with Gasteiger partial charge in [0.2, 0.25) is 5.75 Å². The third kappa shape index (κ3) is 3.67. The molecule has 23 heavy (non-hydrogen) atoms. The van der Waals surface area contributed by atoms with Crippen molar-refractivity contribution in [3.05, 3.63) is 68.7 Å². The van der Waals surface area contributed by atoms with E-state index in [1.165, 1.54) is 25.3 Å². The summed E-state index contributed by atoms with van der Waals surface area (Å²) in [5, 5.41) is 20.9. The number of nitro benzene ring substituents is 1. The quantitative estimate of drug-likeness (QED) is 0.388. The number of carbonyl (C=O) groups is 1. The Hall–Kier alpha value is -2.86. The smallest absolute Gasteiger partial charge is 0.315 e. The van der Waals surface area contributed by atoms with Gasteiger partial charge in [-0.15, -0.1) is 0 Å². The number of phenols is 1. The van der Waals surface area contributed by atoms with E-state index in [-0.39, 0.29) is 11.5 Å². The van der Waals surface area contributed by atoms with Crippen LogP contribution in [0, 0.1) is 10.1 Å². The zero-order valence-corrected chi connectivity index (χ0v) is 12.8. The summed E-state index contributed by atoms with van der Waals surface area (Å²) in [7, 11) is 1.28. The molecule has 0 aliphatic carbocycles. The first kappa shape index (κ1) is 16.5. The van der Waals surface area contributed by atoms with Gasteiger partial charge in [-0.1, -0.05) is 29.8 Å². The molecule has 0 atom stereocenters. The number of hydrogen-bond acceptors (Lipinski definition) is 5. The highest BCUT2D eigenvalue weighted by molar-refractivity contribution is 6.34. The van der Waals surface area contributed by atoms with Crippen molar-refractivity contribution in [1.29, 1.82) is 0 Å². The van der Waals surface area contributed by atoms with Gasteiger partial charge >= 0.3 is 5.69 Å². The van der Waals surface area contributed by atoms with Crippen molar-refractivity contribution in [2.45, 2.75) is 0 Å². The van der Waals surface area contributed by atoms with E-state index in [1.807, 2.05) is 0 Å². The average Bonchev–Trinajstić information content (AvgIpc) is 2.53. The molecule has 0 radical (unpaired) electrons. The summed E-state index contributed by atoms with van der Waals surface area (Å²) in [4.78, 5) is 22.3. The van der Waals surface area contributed by atoms with E-state index in [9.17, 15) is 20.0 Å². The van der Waals surface area contributed by atoms with Gasteiger partial charge in [-0.05, 0) is 29.8 Å². The predicted octanol–water partition coefficient (Wildman–Crippen LogP) is 3.86. The van der Waals surface area contributed by atoms with Crippen LogP contribution in [-0.2, 0) is 0 Å². The molecule has 1 N–H and O–H groups in total. The fraction of sp³-hybridized carbons (Fsp3) is 0.0625. The van der Waals surface area contributed by atoms with E-state index in [1.54, 1.807) is 24.3 Å². The standard InChI is InChI=1S/C16H12ClNO5/c1-23-15-9-10(8-13(16(15)20)18(21)22)6-7-14(19)11-4-2-3-5-12(11)17/h2-9,20H,1H3/b7-6+. The Kier molecular flexibility index (Phi) is 4.98. The van der Waals surface area contributed by atoms with Gasteiger partial charge in [0.05, 0.1) is 17.1 Å². The number of aromatic hydroxyl groups is 1. The highest BCUT2D eigenvalue weighted by Crippen LogP contribution is 2.37. The fourth-order valence-electron chi connectivity index (χ4n) is 1.93. The van der Waals surface area contributed by atoms with Crippen LogP contribution >= 0.6 is 11.6 Å². The molecule has 2 aromatic rings. The topological polar surface area (TPSA) is 89.7 Å². The summed E-state index contributed by atoms with van der Waals surface area (Å²) in [6.45, 7) is 0. The first-order valence-corrected chi connectivity index (χ1v) is 6.84. The lowest BCUT2D eigenvalue weighted by Crippen LogP contribution is -1.96. The third-order valence-corrected chi connectivity index (χ3v) is 3.39. The Morgan fingerprint density at radius 2 is 2.04 bits per heavy atom. The Labute approximate surface area is 136 Å². The number of rotatable bonds is 5. The number of phenolic OH excluding ortho intramolecular Hbond substituents is 1. The first-order chi connectivity index (χ1) is 10.9. The van der Waals surface area contributed by atoms with Crippen molar-refractivity contribution in [1.82, 2.24) is 0 Å². The molecule has 0 saturated carbocycles. The number of hydrogen-bond donors (Lipinski definition) is 1. The lowest BCUT2D eigenvalue weighted by atomic mass is 10.1. The molecule has 0 saturated heterocycles. The first-order valence-electron chi connectivity index (χ1n) is 6.46. The van der Waals surface area contributed by atoms with Crippen molar-refractivity contribution < 1.29 is 19.6 Å². The number of allylic oxidation sites excluding steroid dienone is 1. The number of benzene rings is 2. The lowest BCUT2D eigenvalue weighted by Gasteiger charge is -2.05. The minimum atomic E-state index is -0.731. The van der Waals surface area contributed by atoms with Crippen molar-refractivity contribution in [2.75, 3.05) is 7.11 Å². The molecule has 0 heterocycles. The molecule has 0 amide bonds. The molecule has 2 rings (SSSR count). The third-order valence-electron chi connectivity index (χ3n) is 3.06. The van der Waals surface area contributed by atoms with Crippen molar-refractivity contribution in [2.24, 2.45) is 0 Å². The van der Waals surface area contributed by atoms with E-state index in [0.29, 0.717) is 16.1 Å². The van der Waals surface area contributed by atoms with E-state index >= 15 is 0 Å². The minimum absolute atomic E-state index is 0.0518. The van der Waals surface area contributed by atoms with Crippen LogP contribution in [0.3, 0.4) is 0 Å². The van der Waals surface area contributed by atoms with E-state index in [0.717, 1.165) is 6.07 Å². The van der Waals surface area contributed by atoms with Gasteiger partial charge in [0, 0.05) is 11.6 Å². The van der Waals surface area contributed by atoms with Crippen molar-refractivity contribution in [3.63, 3.8) is 0 Å². The molecule has 0 bridgehead atoms. The fourth-order valence-corrected chi connectivity index (χ4v) is 2.16. The summed E-state index contributed by atoms with van der Waals surface area (Å²) in [5.41, 5.74) is 0.159. The molecular formula is C16H12ClNO5. The number of nitrogens with zero attached hydrogens (tertiary/aromatic N) is 1. The number of halogens is 1. The van der Waals surface area contributed by atoms with Gasteiger partial charge < -0.3 is 9.84 Å². The average molecular weight is 334 g/mol. The lowest BCUT2D eigenvalue weighted by molar-refractivity contribution is -0.386. The highest BCUT2D eigenvalue weighted by Gasteiger charge is 2.19. The number of ether oxygens (including phenoxy) is 1. The van der Waals surface area contributed by atoms with E-state index in [2.05, 4.69) is 0 Å². The Morgan fingerprint density at radius 3 is 2.65 bits per heavy atom. The van der Waals surface area contributed by atoms with Crippen LogP contribution in [0.4, 0.5) is 5.69 Å². The van der Waals surface area contributed by atoms with Crippen LogP contribution in [-0.4, -0.2) is 22.9 Å². The maximum Gasteiger partial charge on any atom is 0.315 e. The minimum Gasteiger partial charge on any atom is -0.500 e. The molecule has 0 aromatic heterocycles. The predicted molar refractivity (Wildman–Crippen MR) is 86.1 cm³/mol. The van der Waals surface area contributed by atoms with Crippen molar-refractivity contribution in [3.8, 4) is 11.5 Å². The zero-order valence-electron chi connectivity index (χ0n) is 12.0. The largest absolute Gasteiger partial charge is 0.500 e. The zero-order chi connectivity index (χ0) is 17.0. The maximum absolute atomic E-state index is 12.1. The van der Waals surface area contributed by atoms with Gasteiger partial charge in [-0.3, -0.25) is 14.9 Å². The molecule has 0 spiro atoms. The van der Waals surface area contributed by atoms with Gasteiger partial charge in [-0.2, -0.15) is 0 Å². The van der Waals surface area contributed by atoms with E-state index in [4.69, 9.17) is 16.3 Å². The number of carbonyl (C=O) groups excluding carboxylic acids is 1. The monoisotopic (exact) mass is 333 g/mol. The Morgan fingerprint density at radius 1 is 1.35 bits per heavy atom. The molecule has 0 aliphatic rings. The summed E-state index contributed by atoms with van der Waals surface area (Å²) < 4.78 is 4.89. The van der Waals surface area contributed by atoms with Crippen LogP contribution in [0.1, 0.15) is 15.9 Å². The van der Waals surface area contributed by atoms with Gasteiger partial charge in [-0.25, -0.2) is 0 Å². The molecule has 0 fully saturated rings. The van der Waals surface area contributed by atoms with Crippen LogP contribution in [0.2, 0.25) is 5.02 Å². The molecule has 7 heteroatoms. The normalized spacial score (nSPS) is 10.7. The van der Waals surface area contributed by atoms with Crippen LogP contribution < -0.4 is 4.74 Å². The second-order valence-electron chi connectivity index (χ2n) is 4.53. The highest BCUT2D eigenvalue weighted by atomic mass is 35.5. The SMILES string of the molecule is COc1cc(/C=C/C(=O)c2ccccc2Cl)cc([N+](=O)[O-])c1O. The number of nitro groups is 1. The summed E-state index contributed by atoms with van der Waals surface area (Å²) >= 11 is 5.94. The Balaban J connectivity index is 2.36. The maximum atomic E-state index is 12.1. The van der Waals surface area contributed by atoms with Gasteiger partial charge in [0.1, 0.15) is 0 Å². The van der Waals surface area contributed by atoms with Crippen LogP contribution in [0.5, 0.6) is 11.5 Å². The Bertz CT molecular complexity index is 801. The molecule has 6 nitrogen and oxygen atoms in total. The second kappa shape index (κ2) is 6.93. The van der Waals surface area contributed by atoms with E-state index < -0.39 is 16.4 Å².